The fraction of sp³-hybridized carbons (Fsp3) is 0.773. The zero-order chi connectivity index (χ0) is 22.1. The second-order valence-corrected chi connectivity index (χ2v) is 8.37. The minimum absolute atomic E-state index is 0.0483. The average Bonchev–Trinajstić information content (AvgIpc) is 2.68. The van der Waals surface area contributed by atoms with Crippen molar-refractivity contribution < 1.29 is 19.1 Å². The van der Waals surface area contributed by atoms with Crippen LogP contribution in [-0.4, -0.2) is 72.5 Å². The topological polar surface area (TPSA) is 79.0 Å². The summed E-state index contributed by atoms with van der Waals surface area (Å²) < 4.78 is 5.03. The predicted molar refractivity (Wildman–Crippen MR) is 114 cm³/mol. The van der Waals surface area contributed by atoms with Crippen LogP contribution in [0.1, 0.15) is 60.8 Å². The molecule has 7 heteroatoms. The van der Waals surface area contributed by atoms with E-state index in [0.717, 1.165) is 25.8 Å². The summed E-state index contributed by atoms with van der Waals surface area (Å²) in [6, 6.07) is -0.134. The molecule has 0 saturated carbocycles. The smallest absolute Gasteiger partial charge is 0.333 e. The molecule has 0 aliphatic carbocycles. The number of rotatable bonds is 9. The Morgan fingerprint density at radius 1 is 1.21 bits per heavy atom. The summed E-state index contributed by atoms with van der Waals surface area (Å²) >= 11 is 0. The van der Waals surface area contributed by atoms with Crippen LogP contribution in [-0.2, 0) is 19.1 Å². The Hall–Kier alpha value is -1.89. The van der Waals surface area contributed by atoms with E-state index < -0.39 is 0 Å². The number of nitrogens with one attached hydrogen (secondary N) is 1. The van der Waals surface area contributed by atoms with E-state index in [9.17, 15) is 14.4 Å². The molecule has 0 radical (unpaired) electrons. The normalized spacial score (nSPS) is 19.2. The molecule has 166 valence electrons. The van der Waals surface area contributed by atoms with Gasteiger partial charge in [0.15, 0.2) is 0 Å². The van der Waals surface area contributed by atoms with Crippen LogP contribution in [0.25, 0.3) is 0 Å². The number of hydrogen-bond donors (Lipinski definition) is 1. The van der Waals surface area contributed by atoms with E-state index in [2.05, 4.69) is 24.1 Å². The molecule has 1 heterocycles. The third-order valence-electron chi connectivity index (χ3n) is 5.47. The zero-order valence-corrected chi connectivity index (χ0v) is 19.2. The lowest BCUT2D eigenvalue weighted by Crippen LogP contribution is -2.53. The van der Waals surface area contributed by atoms with Gasteiger partial charge < -0.3 is 15.0 Å². The third-order valence-corrected chi connectivity index (χ3v) is 5.47. The van der Waals surface area contributed by atoms with E-state index in [1.165, 1.54) is 0 Å². The lowest BCUT2D eigenvalue weighted by molar-refractivity contribution is -0.138. The average molecular weight is 410 g/mol. The molecular weight excluding hydrogens is 370 g/mol. The number of esters is 1. The van der Waals surface area contributed by atoms with Crippen molar-refractivity contribution in [2.24, 2.45) is 5.92 Å². The van der Waals surface area contributed by atoms with Gasteiger partial charge in [-0.2, -0.15) is 0 Å². The molecule has 0 aromatic heterocycles. The second-order valence-electron chi connectivity index (χ2n) is 8.37. The Kier molecular flexibility index (Phi) is 10.4. The zero-order valence-electron chi connectivity index (χ0n) is 19.2. The maximum absolute atomic E-state index is 12.7. The molecule has 1 unspecified atom stereocenters. The van der Waals surface area contributed by atoms with Gasteiger partial charge in [-0.3, -0.25) is 14.5 Å². The molecule has 2 atom stereocenters. The van der Waals surface area contributed by atoms with E-state index >= 15 is 0 Å². The van der Waals surface area contributed by atoms with Gasteiger partial charge in [0.25, 0.3) is 0 Å². The first-order chi connectivity index (χ1) is 13.6. The Morgan fingerprint density at radius 3 is 2.41 bits per heavy atom. The third kappa shape index (κ3) is 7.46. The molecule has 7 nitrogen and oxygen atoms in total. The lowest BCUT2D eigenvalue weighted by atomic mass is 9.99. The Balaban J connectivity index is 2.74. The van der Waals surface area contributed by atoms with Crippen LogP contribution in [0.3, 0.4) is 0 Å². The molecule has 1 fully saturated rings. The van der Waals surface area contributed by atoms with Gasteiger partial charge in [-0.1, -0.05) is 26.3 Å². The summed E-state index contributed by atoms with van der Waals surface area (Å²) in [5, 5.41) is 2.82. The summed E-state index contributed by atoms with van der Waals surface area (Å²) in [5.41, 5.74) is 0.476. The number of carbonyl (C=O) groups excluding carboxylic acids is 3. The highest BCUT2D eigenvalue weighted by Gasteiger charge is 2.31. The van der Waals surface area contributed by atoms with Gasteiger partial charge in [-0.15, -0.1) is 0 Å². The van der Waals surface area contributed by atoms with Crippen molar-refractivity contribution in [3.05, 3.63) is 11.6 Å². The number of nitrogens with zero attached hydrogens (tertiary/aromatic N) is 2. The summed E-state index contributed by atoms with van der Waals surface area (Å²) in [5.74, 6) is -0.534. The highest BCUT2D eigenvalue weighted by Crippen LogP contribution is 2.19. The van der Waals surface area contributed by atoms with Gasteiger partial charge in [0.2, 0.25) is 11.8 Å². The number of likely N-dealkylation sites (N-methyl/N-ethyl adjacent to an activating group) is 1. The molecule has 0 spiro atoms. The maximum atomic E-state index is 12.7. The SMILES string of the molecule is CCOC(=O)/C(C)=C/C(C(C)C)N(C)C(=O)CNC(=O)[C@@H]1CCCCN1C(C)C. The minimum Gasteiger partial charge on any atom is -0.463 e. The molecule has 0 aromatic rings. The molecule has 1 aliphatic rings. The summed E-state index contributed by atoms with van der Waals surface area (Å²) in [7, 11) is 1.70. The molecule has 2 amide bonds. The van der Waals surface area contributed by atoms with E-state index in [1.54, 1.807) is 31.9 Å². The lowest BCUT2D eigenvalue weighted by Gasteiger charge is -2.37. The molecule has 1 aliphatic heterocycles. The maximum Gasteiger partial charge on any atom is 0.333 e. The van der Waals surface area contributed by atoms with Gasteiger partial charge in [-0.25, -0.2) is 4.79 Å². The fourth-order valence-electron chi connectivity index (χ4n) is 3.75. The van der Waals surface area contributed by atoms with Crippen molar-refractivity contribution >= 4 is 17.8 Å². The highest BCUT2D eigenvalue weighted by atomic mass is 16.5. The number of ether oxygens (including phenoxy) is 1. The monoisotopic (exact) mass is 409 g/mol. The minimum atomic E-state index is -0.377. The van der Waals surface area contributed by atoms with E-state index in [-0.39, 0.29) is 42.3 Å². The van der Waals surface area contributed by atoms with Gasteiger partial charge in [0, 0.05) is 18.7 Å². The summed E-state index contributed by atoms with van der Waals surface area (Å²) in [6.45, 7) is 12.8. The first kappa shape index (κ1) is 25.1. The predicted octanol–water partition coefficient (Wildman–Crippen LogP) is 2.36. The van der Waals surface area contributed by atoms with Crippen LogP contribution in [0.4, 0.5) is 0 Å². The van der Waals surface area contributed by atoms with Crippen molar-refractivity contribution in [3.63, 3.8) is 0 Å². The molecular formula is C22H39N3O4. The van der Waals surface area contributed by atoms with Crippen molar-refractivity contribution in [1.29, 1.82) is 0 Å². The summed E-state index contributed by atoms with van der Waals surface area (Å²) in [4.78, 5) is 41.1. The molecule has 1 N–H and O–H groups in total. The highest BCUT2D eigenvalue weighted by molar-refractivity contribution is 5.89. The number of hydrogen-bond acceptors (Lipinski definition) is 5. The first-order valence-electron chi connectivity index (χ1n) is 10.7. The number of amides is 2. The first-order valence-corrected chi connectivity index (χ1v) is 10.7. The van der Waals surface area contributed by atoms with E-state index in [1.807, 2.05) is 13.8 Å². The van der Waals surface area contributed by atoms with Crippen LogP contribution >= 0.6 is 0 Å². The van der Waals surface area contributed by atoms with E-state index in [0.29, 0.717) is 18.2 Å². The van der Waals surface area contributed by atoms with Crippen LogP contribution in [0.5, 0.6) is 0 Å². The van der Waals surface area contributed by atoms with Crippen LogP contribution in [0, 0.1) is 5.92 Å². The second kappa shape index (κ2) is 12.0. The van der Waals surface area contributed by atoms with Gasteiger partial charge in [0.1, 0.15) is 0 Å². The van der Waals surface area contributed by atoms with Gasteiger partial charge in [-0.05, 0) is 53.0 Å². The Labute approximate surface area is 175 Å². The quantitative estimate of drug-likeness (QED) is 0.467. The number of carbonyl (C=O) groups is 3. The molecule has 1 rings (SSSR count). The van der Waals surface area contributed by atoms with Crippen molar-refractivity contribution in [1.82, 2.24) is 15.1 Å². The van der Waals surface area contributed by atoms with Crippen LogP contribution in [0.2, 0.25) is 0 Å². The van der Waals surface area contributed by atoms with Crippen molar-refractivity contribution in [3.8, 4) is 0 Å². The molecule has 29 heavy (non-hydrogen) atoms. The molecule has 0 aromatic carbocycles. The molecule has 1 saturated heterocycles. The van der Waals surface area contributed by atoms with Crippen LogP contribution in [0.15, 0.2) is 11.6 Å². The number of likely N-dealkylation sites (tertiary alicyclic amines) is 1. The largest absolute Gasteiger partial charge is 0.463 e. The van der Waals surface area contributed by atoms with Gasteiger partial charge in [0.05, 0.1) is 25.2 Å². The van der Waals surface area contributed by atoms with E-state index in [4.69, 9.17) is 4.74 Å². The van der Waals surface area contributed by atoms with Gasteiger partial charge >= 0.3 is 5.97 Å². The Bertz CT molecular complexity index is 601. The van der Waals surface area contributed by atoms with Crippen molar-refractivity contribution in [2.45, 2.75) is 78.9 Å². The summed E-state index contributed by atoms with van der Waals surface area (Å²) in [6.07, 6.45) is 4.72. The standard InChI is InChI=1S/C22H39N3O4/c1-8-29-22(28)17(6)13-19(15(2)3)24(7)20(26)14-23-21(27)18-11-9-10-12-25(18)16(4)5/h13,15-16,18-19H,8-12,14H2,1-7H3,(H,23,27)/b17-13+/t18-,19?/m0/s1. The Morgan fingerprint density at radius 2 is 1.86 bits per heavy atom. The fourth-order valence-corrected chi connectivity index (χ4v) is 3.75. The molecule has 0 bridgehead atoms. The van der Waals surface area contributed by atoms with Crippen molar-refractivity contribution in [2.75, 3.05) is 26.7 Å². The number of piperidine rings is 1. The van der Waals surface area contributed by atoms with Crippen LogP contribution < -0.4 is 5.32 Å².